The molecule has 2 saturated heterocycles. The van der Waals surface area contributed by atoms with Crippen molar-refractivity contribution in [3.63, 3.8) is 0 Å². The first-order valence-electron chi connectivity index (χ1n) is 7.47. The number of fused-ring (bicyclic) bond motifs is 1. The van der Waals surface area contributed by atoms with E-state index in [2.05, 4.69) is 10.2 Å². The van der Waals surface area contributed by atoms with E-state index >= 15 is 0 Å². The van der Waals surface area contributed by atoms with E-state index in [-0.39, 0.29) is 0 Å². The number of aliphatic hydroxyl groups excluding tert-OH is 1. The molecule has 0 spiro atoms. The van der Waals surface area contributed by atoms with Crippen molar-refractivity contribution in [3.05, 3.63) is 0 Å². The third-order valence-corrected chi connectivity index (χ3v) is 5.30. The van der Waals surface area contributed by atoms with Gasteiger partial charge in [0.25, 0.3) is 0 Å². The van der Waals surface area contributed by atoms with Gasteiger partial charge in [-0.15, -0.1) is 0 Å². The summed E-state index contributed by atoms with van der Waals surface area (Å²) in [5, 5.41) is 13.1. The van der Waals surface area contributed by atoms with Gasteiger partial charge in [-0.1, -0.05) is 6.42 Å². The molecule has 1 aliphatic carbocycles. The Kier molecular flexibility index (Phi) is 3.69. The Bertz CT molecular complexity index is 259. The zero-order valence-corrected chi connectivity index (χ0v) is 10.8. The van der Waals surface area contributed by atoms with Crippen LogP contribution in [-0.2, 0) is 0 Å². The second-order valence-corrected chi connectivity index (χ2v) is 6.18. The van der Waals surface area contributed by atoms with Crippen LogP contribution in [0.5, 0.6) is 0 Å². The highest BCUT2D eigenvalue weighted by Gasteiger charge is 2.37. The predicted molar refractivity (Wildman–Crippen MR) is 68.9 cm³/mol. The molecule has 0 amide bonds. The van der Waals surface area contributed by atoms with Crippen LogP contribution in [0.25, 0.3) is 0 Å². The molecule has 17 heavy (non-hydrogen) atoms. The van der Waals surface area contributed by atoms with Crippen molar-refractivity contribution >= 4 is 0 Å². The minimum atomic E-state index is 0.395. The van der Waals surface area contributed by atoms with Gasteiger partial charge < -0.3 is 10.4 Å². The van der Waals surface area contributed by atoms with Gasteiger partial charge >= 0.3 is 0 Å². The minimum absolute atomic E-state index is 0.395. The van der Waals surface area contributed by atoms with Gasteiger partial charge in [-0.25, -0.2) is 0 Å². The Hall–Kier alpha value is -0.120. The molecule has 98 valence electrons. The molecule has 3 rings (SSSR count). The molecule has 0 aromatic rings. The quantitative estimate of drug-likeness (QED) is 0.773. The number of rotatable bonds is 4. The van der Waals surface area contributed by atoms with Gasteiger partial charge in [0, 0.05) is 25.2 Å². The van der Waals surface area contributed by atoms with Gasteiger partial charge in [0.15, 0.2) is 0 Å². The Morgan fingerprint density at radius 3 is 2.76 bits per heavy atom. The first kappa shape index (κ1) is 11.9. The van der Waals surface area contributed by atoms with Crippen LogP contribution in [0.15, 0.2) is 0 Å². The summed E-state index contributed by atoms with van der Waals surface area (Å²) in [6.45, 7) is 4.16. The summed E-state index contributed by atoms with van der Waals surface area (Å²) in [7, 11) is 0. The highest BCUT2D eigenvalue weighted by Crippen LogP contribution is 2.32. The van der Waals surface area contributed by atoms with E-state index in [1.54, 1.807) is 0 Å². The van der Waals surface area contributed by atoms with Crippen molar-refractivity contribution in [1.82, 2.24) is 10.2 Å². The Morgan fingerprint density at radius 1 is 1.00 bits per heavy atom. The summed E-state index contributed by atoms with van der Waals surface area (Å²) in [5.41, 5.74) is 0. The fourth-order valence-corrected chi connectivity index (χ4v) is 4.25. The molecule has 2 aliphatic heterocycles. The summed E-state index contributed by atoms with van der Waals surface area (Å²) in [5.74, 6) is 1.30. The lowest BCUT2D eigenvalue weighted by Gasteiger charge is -2.25. The molecule has 2 N–H and O–H groups in total. The average molecular weight is 238 g/mol. The lowest BCUT2D eigenvalue weighted by molar-refractivity contribution is 0.188. The van der Waals surface area contributed by atoms with E-state index in [1.165, 1.54) is 51.6 Å². The maximum atomic E-state index is 9.34. The molecule has 0 aromatic carbocycles. The van der Waals surface area contributed by atoms with Gasteiger partial charge in [-0.2, -0.15) is 0 Å². The van der Waals surface area contributed by atoms with Gasteiger partial charge in [-0.3, -0.25) is 4.90 Å². The Morgan fingerprint density at radius 2 is 1.88 bits per heavy atom. The van der Waals surface area contributed by atoms with E-state index < -0.39 is 0 Å². The van der Waals surface area contributed by atoms with Crippen LogP contribution in [0.1, 0.15) is 38.5 Å². The van der Waals surface area contributed by atoms with E-state index in [0.29, 0.717) is 12.5 Å². The molecule has 4 atom stereocenters. The molecule has 3 nitrogen and oxygen atoms in total. The average Bonchev–Trinajstić information content (AvgIpc) is 3.03. The molecule has 0 aromatic heterocycles. The third kappa shape index (κ3) is 2.38. The monoisotopic (exact) mass is 238 g/mol. The summed E-state index contributed by atoms with van der Waals surface area (Å²) in [6.07, 6.45) is 8.00. The van der Waals surface area contributed by atoms with E-state index in [1.807, 2.05) is 0 Å². The van der Waals surface area contributed by atoms with Crippen molar-refractivity contribution in [1.29, 1.82) is 0 Å². The molecular formula is C14H26N2O. The van der Waals surface area contributed by atoms with Gasteiger partial charge in [0.05, 0.1) is 0 Å². The predicted octanol–water partition coefficient (Wildman–Crippen LogP) is 1.22. The number of hydrogen-bond acceptors (Lipinski definition) is 3. The van der Waals surface area contributed by atoms with Crippen molar-refractivity contribution in [2.75, 3.05) is 26.2 Å². The molecule has 3 heteroatoms. The van der Waals surface area contributed by atoms with Crippen LogP contribution < -0.4 is 5.32 Å². The van der Waals surface area contributed by atoms with E-state index in [4.69, 9.17) is 0 Å². The second kappa shape index (κ2) is 5.25. The van der Waals surface area contributed by atoms with Crippen LogP contribution >= 0.6 is 0 Å². The van der Waals surface area contributed by atoms with Crippen LogP contribution in [0, 0.1) is 11.8 Å². The van der Waals surface area contributed by atoms with Gasteiger partial charge in [-0.05, 0) is 57.0 Å². The minimum Gasteiger partial charge on any atom is -0.396 e. The number of hydrogen-bond donors (Lipinski definition) is 2. The smallest absolute Gasteiger partial charge is 0.0462 e. The van der Waals surface area contributed by atoms with E-state index in [0.717, 1.165) is 24.5 Å². The summed E-state index contributed by atoms with van der Waals surface area (Å²) in [6, 6.07) is 1.56. The van der Waals surface area contributed by atoms with Crippen molar-refractivity contribution < 1.29 is 5.11 Å². The van der Waals surface area contributed by atoms with Crippen molar-refractivity contribution in [3.8, 4) is 0 Å². The largest absolute Gasteiger partial charge is 0.396 e. The second-order valence-electron chi connectivity index (χ2n) is 6.18. The molecule has 3 aliphatic rings. The Labute approximate surface area is 105 Å². The van der Waals surface area contributed by atoms with Crippen LogP contribution in [0.3, 0.4) is 0 Å². The topological polar surface area (TPSA) is 35.5 Å². The first-order chi connectivity index (χ1) is 8.38. The molecular weight excluding hydrogens is 212 g/mol. The molecule has 3 fully saturated rings. The normalized spacial score (nSPS) is 42.2. The highest BCUT2D eigenvalue weighted by molar-refractivity contribution is 4.96. The van der Waals surface area contributed by atoms with E-state index in [9.17, 15) is 5.11 Å². The van der Waals surface area contributed by atoms with Crippen LogP contribution in [0.2, 0.25) is 0 Å². The molecule has 0 radical (unpaired) electrons. The first-order valence-corrected chi connectivity index (χ1v) is 7.47. The number of aliphatic hydroxyl groups is 1. The molecule has 1 saturated carbocycles. The number of nitrogens with zero attached hydrogens (tertiary/aromatic N) is 1. The fraction of sp³-hybridized carbons (Fsp3) is 1.00. The molecule has 4 unspecified atom stereocenters. The van der Waals surface area contributed by atoms with Crippen LogP contribution in [0.4, 0.5) is 0 Å². The number of nitrogens with one attached hydrogen (secondary N) is 1. The Balaban J connectivity index is 1.48. The van der Waals surface area contributed by atoms with Crippen molar-refractivity contribution in [2.45, 2.75) is 50.6 Å². The lowest BCUT2D eigenvalue weighted by atomic mass is 9.96. The SMILES string of the molecule is OCC1CCCC1CNC1CCN2CCCC12. The third-order valence-electron chi connectivity index (χ3n) is 5.30. The lowest BCUT2D eigenvalue weighted by Crippen LogP contribution is -2.41. The maximum Gasteiger partial charge on any atom is 0.0462 e. The van der Waals surface area contributed by atoms with Gasteiger partial charge in [0.2, 0.25) is 0 Å². The summed E-state index contributed by atoms with van der Waals surface area (Å²) in [4.78, 5) is 2.66. The zero-order valence-electron chi connectivity index (χ0n) is 10.8. The summed E-state index contributed by atoms with van der Waals surface area (Å²) >= 11 is 0. The molecule has 2 heterocycles. The maximum absolute atomic E-state index is 9.34. The highest BCUT2D eigenvalue weighted by atomic mass is 16.3. The van der Waals surface area contributed by atoms with Crippen LogP contribution in [-0.4, -0.2) is 48.3 Å². The summed E-state index contributed by atoms with van der Waals surface area (Å²) < 4.78 is 0. The zero-order chi connectivity index (χ0) is 11.7. The fourth-order valence-electron chi connectivity index (χ4n) is 4.25. The van der Waals surface area contributed by atoms with Gasteiger partial charge in [0.1, 0.15) is 0 Å². The standard InChI is InChI=1S/C14H26N2O/c17-10-12-4-1-3-11(12)9-15-13-6-8-16-7-2-5-14(13)16/h11-15,17H,1-10H2. The van der Waals surface area contributed by atoms with Crippen molar-refractivity contribution in [2.24, 2.45) is 11.8 Å². The molecule has 0 bridgehead atoms.